The number of rotatable bonds is 5. The molecule has 2 N–H and O–H groups in total. The summed E-state index contributed by atoms with van der Waals surface area (Å²) in [5.41, 5.74) is 6.77. The molecule has 0 heterocycles. The second-order valence-electron chi connectivity index (χ2n) is 4.58. The molecule has 3 heteroatoms. The first-order valence-corrected chi connectivity index (χ1v) is 5.60. The smallest absolute Gasteiger partial charge is 0.142 e. The average Bonchev–Trinajstić information content (AvgIpc) is 2.28. The van der Waals surface area contributed by atoms with E-state index < -0.39 is 0 Å². The van der Waals surface area contributed by atoms with E-state index in [0.717, 1.165) is 17.9 Å². The van der Waals surface area contributed by atoms with Gasteiger partial charge in [-0.3, -0.25) is 0 Å². The summed E-state index contributed by atoms with van der Waals surface area (Å²) >= 11 is 0. The molecule has 90 valence electrons. The minimum atomic E-state index is 0.0311. The molecule has 1 aromatic carbocycles. The van der Waals surface area contributed by atoms with Crippen LogP contribution in [0.15, 0.2) is 24.3 Å². The molecule has 0 amide bonds. The van der Waals surface area contributed by atoms with Crippen LogP contribution < -0.4 is 15.4 Å². The molecule has 0 aliphatic rings. The van der Waals surface area contributed by atoms with E-state index >= 15 is 0 Å². The maximum absolute atomic E-state index is 5.64. The maximum atomic E-state index is 5.64. The number of nitrogens with two attached hydrogens (primary N) is 1. The highest BCUT2D eigenvalue weighted by Crippen LogP contribution is 2.32. The molecule has 0 aliphatic carbocycles. The molecule has 0 saturated heterocycles. The summed E-state index contributed by atoms with van der Waals surface area (Å²) in [5.74, 6) is 0.898. The van der Waals surface area contributed by atoms with Gasteiger partial charge in [0.15, 0.2) is 0 Å². The van der Waals surface area contributed by atoms with E-state index in [1.54, 1.807) is 7.11 Å². The molecule has 1 aromatic rings. The normalized spacial score (nSPS) is 11.3. The highest BCUT2D eigenvalue weighted by Gasteiger charge is 2.24. The van der Waals surface area contributed by atoms with Crippen LogP contribution in [0.2, 0.25) is 0 Å². The van der Waals surface area contributed by atoms with Gasteiger partial charge in [-0.15, -0.1) is 0 Å². The van der Waals surface area contributed by atoms with Gasteiger partial charge in [-0.2, -0.15) is 0 Å². The quantitative estimate of drug-likeness (QED) is 0.830. The zero-order valence-electron chi connectivity index (χ0n) is 10.7. The molecule has 0 aromatic heterocycles. The first-order chi connectivity index (χ1) is 7.53. The Morgan fingerprint density at radius 2 is 1.94 bits per heavy atom. The second-order valence-corrected chi connectivity index (χ2v) is 4.58. The molecule has 0 spiro atoms. The third-order valence-electron chi connectivity index (χ3n) is 3.11. The highest BCUT2D eigenvalue weighted by molar-refractivity contribution is 5.59. The van der Waals surface area contributed by atoms with Gasteiger partial charge in [-0.05, 0) is 38.9 Å². The van der Waals surface area contributed by atoms with Crippen molar-refractivity contribution < 1.29 is 4.74 Å². The van der Waals surface area contributed by atoms with Crippen molar-refractivity contribution in [3.05, 3.63) is 24.3 Å². The van der Waals surface area contributed by atoms with Crippen molar-refractivity contribution in [2.45, 2.75) is 25.8 Å². The fraction of sp³-hybridized carbons (Fsp3) is 0.538. The maximum Gasteiger partial charge on any atom is 0.142 e. The number of benzene rings is 1. The molecule has 0 fully saturated rings. The summed E-state index contributed by atoms with van der Waals surface area (Å²) in [7, 11) is 3.77. The minimum Gasteiger partial charge on any atom is -0.495 e. The Balaban J connectivity index is 2.99. The Hall–Kier alpha value is -1.22. The SMILES string of the molecule is COc1ccccc1N(C)C(C)(C)CCN. The Labute approximate surface area is 98.2 Å². The number of methoxy groups -OCH3 is 1. The summed E-state index contributed by atoms with van der Waals surface area (Å²) in [6, 6.07) is 8.04. The first-order valence-electron chi connectivity index (χ1n) is 5.60. The van der Waals surface area contributed by atoms with Crippen molar-refractivity contribution in [3.63, 3.8) is 0 Å². The minimum absolute atomic E-state index is 0.0311. The third kappa shape index (κ3) is 2.67. The molecule has 1 rings (SSSR count). The molecular weight excluding hydrogens is 200 g/mol. The van der Waals surface area contributed by atoms with E-state index in [1.165, 1.54) is 0 Å². The Kier molecular flexibility index (Phi) is 4.19. The Morgan fingerprint density at radius 1 is 1.31 bits per heavy atom. The molecule has 0 saturated carbocycles. The lowest BCUT2D eigenvalue weighted by molar-refractivity contribution is 0.403. The van der Waals surface area contributed by atoms with Crippen LogP contribution in [-0.4, -0.2) is 26.2 Å². The van der Waals surface area contributed by atoms with Crippen molar-refractivity contribution in [2.24, 2.45) is 5.73 Å². The zero-order chi connectivity index (χ0) is 12.2. The van der Waals surface area contributed by atoms with Gasteiger partial charge in [0.25, 0.3) is 0 Å². The van der Waals surface area contributed by atoms with Gasteiger partial charge in [0.2, 0.25) is 0 Å². The van der Waals surface area contributed by atoms with Gasteiger partial charge in [0.1, 0.15) is 5.75 Å². The van der Waals surface area contributed by atoms with Crippen LogP contribution in [0.4, 0.5) is 5.69 Å². The number of anilines is 1. The lowest BCUT2D eigenvalue weighted by Gasteiger charge is -2.38. The van der Waals surface area contributed by atoms with Crippen LogP contribution in [-0.2, 0) is 0 Å². The molecule has 0 bridgehead atoms. The van der Waals surface area contributed by atoms with Crippen molar-refractivity contribution in [1.82, 2.24) is 0 Å². The van der Waals surface area contributed by atoms with Crippen molar-refractivity contribution >= 4 is 5.69 Å². The predicted molar refractivity (Wildman–Crippen MR) is 69.1 cm³/mol. The monoisotopic (exact) mass is 222 g/mol. The lowest BCUT2D eigenvalue weighted by atomic mass is 9.98. The van der Waals surface area contributed by atoms with E-state index in [0.29, 0.717) is 6.54 Å². The molecule has 0 radical (unpaired) electrons. The summed E-state index contributed by atoms with van der Waals surface area (Å²) in [5, 5.41) is 0. The molecule has 16 heavy (non-hydrogen) atoms. The standard InChI is InChI=1S/C13H22N2O/c1-13(2,9-10-14)15(3)11-7-5-6-8-12(11)16-4/h5-8H,9-10,14H2,1-4H3. The zero-order valence-corrected chi connectivity index (χ0v) is 10.7. The molecule has 0 aliphatic heterocycles. The lowest BCUT2D eigenvalue weighted by Crippen LogP contribution is -2.42. The predicted octanol–water partition coefficient (Wildman–Crippen LogP) is 2.26. The van der Waals surface area contributed by atoms with Gasteiger partial charge in [0.05, 0.1) is 12.8 Å². The number of para-hydroxylation sites is 2. The van der Waals surface area contributed by atoms with Gasteiger partial charge in [0, 0.05) is 12.6 Å². The topological polar surface area (TPSA) is 38.5 Å². The van der Waals surface area contributed by atoms with Gasteiger partial charge >= 0.3 is 0 Å². The van der Waals surface area contributed by atoms with Crippen LogP contribution in [0.25, 0.3) is 0 Å². The van der Waals surface area contributed by atoms with Crippen LogP contribution in [0.3, 0.4) is 0 Å². The van der Waals surface area contributed by atoms with E-state index in [2.05, 4.69) is 31.9 Å². The number of ether oxygens (including phenoxy) is 1. The van der Waals surface area contributed by atoms with Crippen molar-refractivity contribution in [2.75, 3.05) is 25.6 Å². The Bertz CT molecular complexity index is 336. The number of hydrogen-bond acceptors (Lipinski definition) is 3. The number of hydrogen-bond donors (Lipinski definition) is 1. The summed E-state index contributed by atoms with van der Waals surface area (Å²) in [6.45, 7) is 5.06. The number of nitrogens with zero attached hydrogens (tertiary/aromatic N) is 1. The van der Waals surface area contributed by atoms with Crippen LogP contribution in [0, 0.1) is 0 Å². The fourth-order valence-electron chi connectivity index (χ4n) is 1.75. The Morgan fingerprint density at radius 3 is 2.50 bits per heavy atom. The fourth-order valence-corrected chi connectivity index (χ4v) is 1.75. The van der Waals surface area contributed by atoms with E-state index in [4.69, 9.17) is 10.5 Å². The van der Waals surface area contributed by atoms with Crippen LogP contribution >= 0.6 is 0 Å². The van der Waals surface area contributed by atoms with E-state index in [-0.39, 0.29) is 5.54 Å². The second kappa shape index (κ2) is 5.21. The first kappa shape index (κ1) is 12.8. The van der Waals surface area contributed by atoms with E-state index in [1.807, 2.05) is 18.2 Å². The van der Waals surface area contributed by atoms with Crippen molar-refractivity contribution in [1.29, 1.82) is 0 Å². The summed E-state index contributed by atoms with van der Waals surface area (Å²) in [4.78, 5) is 2.22. The van der Waals surface area contributed by atoms with E-state index in [9.17, 15) is 0 Å². The average molecular weight is 222 g/mol. The summed E-state index contributed by atoms with van der Waals surface area (Å²) < 4.78 is 5.37. The molecule has 0 atom stereocenters. The van der Waals surface area contributed by atoms with Crippen LogP contribution in [0.1, 0.15) is 20.3 Å². The highest BCUT2D eigenvalue weighted by atomic mass is 16.5. The largest absolute Gasteiger partial charge is 0.495 e. The molecule has 3 nitrogen and oxygen atoms in total. The van der Waals surface area contributed by atoms with Gasteiger partial charge in [-0.25, -0.2) is 0 Å². The molecular formula is C13H22N2O. The molecule has 0 unspecified atom stereocenters. The van der Waals surface area contributed by atoms with Crippen LogP contribution in [0.5, 0.6) is 5.75 Å². The van der Waals surface area contributed by atoms with Gasteiger partial charge < -0.3 is 15.4 Å². The van der Waals surface area contributed by atoms with Gasteiger partial charge in [-0.1, -0.05) is 12.1 Å². The summed E-state index contributed by atoms with van der Waals surface area (Å²) in [6.07, 6.45) is 0.946. The third-order valence-corrected chi connectivity index (χ3v) is 3.11. The van der Waals surface area contributed by atoms with Crippen molar-refractivity contribution in [3.8, 4) is 5.75 Å².